The number of unbranched alkanes of at least 4 members (excludes halogenated alkanes) is 5. The van der Waals surface area contributed by atoms with Crippen LogP contribution < -0.4 is 0 Å². The van der Waals surface area contributed by atoms with Gasteiger partial charge >= 0.3 is 0 Å². The van der Waals surface area contributed by atoms with E-state index in [1.807, 2.05) is 12.2 Å². The van der Waals surface area contributed by atoms with Crippen molar-refractivity contribution < 1.29 is 9.90 Å². The van der Waals surface area contributed by atoms with Gasteiger partial charge in [0.1, 0.15) is 12.0 Å². The van der Waals surface area contributed by atoms with E-state index in [0.29, 0.717) is 0 Å². The summed E-state index contributed by atoms with van der Waals surface area (Å²) in [5.41, 5.74) is 1.11. The van der Waals surface area contributed by atoms with Crippen molar-refractivity contribution in [2.75, 3.05) is 0 Å². The van der Waals surface area contributed by atoms with Crippen molar-refractivity contribution in [3.63, 3.8) is 0 Å². The van der Waals surface area contributed by atoms with Crippen molar-refractivity contribution in [1.29, 1.82) is 0 Å². The minimum absolute atomic E-state index is 0.163. The highest BCUT2D eigenvalue weighted by Gasteiger charge is 2.10. The van der Waals surface area contributed by atoms with Gasteiger partial charge in [0, 0.05) is 0 Å². The second-order valence-electron chi connectivity index (χ2n) is 4.88. The zero-order chi connectivity index (χ0) is 13.2. The number of carbonyl (C=O) groups is 1. The lowest BCUT2D eigenvalue weighted by Gasteiger charge is -2.04. The molecular formula is C16H24O2. The molecule has 0 spiro atoms. The topological polar surface area (TPSA) is 37.3 Å². The molecule has 0 heterocycles. The van der Waals surface area contributed by atoms with Crippen LogP contribution in [0.2, 0.25) is 0 Å². The maximum Gasteiger partial charge on any atom is 0.134 e. The van der Waals surface area contributed by atoms with Crippen LogP contribution in [0.3, 0.4) is 0 Å². The summed E-state index contributed by atoms with van der Waals surface area (Å²) in [5, 5.41) is 9.73. The Balaban J connectivity index is 2.30. The van der Waals surface area contributed by atoms with E-state index < -0.39 is 5.92 Å². The van der Waals surface area contributed by atoms with Crippen LogP contribution in [0.15, 0.2) is 35.6 Å². The SMILES string of the molecule is CCCCCCCCC1=CC=CC(C=O)C(O)=C1. The summed E-state index contributed by atoms with van der Waals surface area (Å²) in [5.74, 6) is -0.306. The van der Waals surface area contributed by atoms with Gasteiger partial charge in [-0.1, -0.05) is 57.3 Å². The molecule has 0 radical (unpaired) electrons. The summed E-state index contributed by atoms with van der Waals surface area (Å²) in [6.45, 7) is 2.22. The Bertz CT molecular complexity index is 337. The van der Waals surface area contributed by atoms with Gasteiger partial charge in [-0.2, -0.15) is 0 Å². The number of carbonyl (C=O) groups excluding carboxylic acids is 1. The molecule has 1 unspecified atom stereocenters. The summed E-state index contributed by atoms with van der Waals surface area (Å²) in [6, 6.07) is 0. The maximum atomic E-state index is 10.7. The largest absolute Gasteiger partial charge is 0.511 e. The van der Waals surface area contributed by atoms with Crippen molar-refractivity contribution in [2.24, 2.45) is 5.92 Å². The summed E-state index contributed by atoms with van der Waals surface area (Å²) < 4.78 is 0. The standard InChI is InChI=1S/C16H24O2/c1-2-3-4-5-6-7-9-14-10-8-11-15(13-17)16(18)12-14/h8,10-13,15,18H,2-7,9H2,1H3. The average molecular weight is 248 g/mol. The predicted molar refractivity (Wildman–Crippen MR) is 75.5 cm³/mol. The van der Waals surface area contributed by atoms with E-state index in [1.54, 1.807) is 12.2 Å². The van der Waals surface area contributed by atoms with Crippen molar-refractivity contribution in [3.8, 4) is 0 Å². The molecule has 100 valence electrons. The Morgan fingerprint density at radius 3 is 2.67 bits per heavy atom. The molecule has 1 N–H and O–H groups in total. The van der Waals surface area contributed by atoms with E-state index in [0.717, 1.165) is 24.7 Å². The predicted octanol–water partition coefficient (Wildman–Crippen LogP) is 4.49. The van der Waals surface area contributed by atoms with E-state index in [2.05, 4.69) is 6.92 Å². The van der Waals surface area contributed by atoms with Gasteiger partial charge in [0.15, 0.2) is 0 Å². The molecule has 0 aromatic rings. The number of hydrogen-bond donors (Lipinski definition) is 1. The Kier molecular flexibility index (Phi) is 7.16. The van der Waals surface area contributed by atoms with Crippen molar-refractivity contribution in [3.05, 3.63) is 35.6 Å². The highest BCUT2D eigenvalue weighted by atomic mass is 16.3. The van der Waals surface area contributed by atoms with Crippen LogP contribution in [-0.4, -0.2) is 11.4 Å². The van der Waals surface area contributed by atoms with Gasteiger partial charge in [0.05, 0.1) is 5.92 Å². The number of aldehydes is 1. The highest BCUT2D eigenvalue weighted by molar-refractivity contribution is 5.62. The van der Waals surface area contributed by atoms with Gasteiger partial charge in [0.25, 0.3) is 0 Å². The van der Waals surface area contributed by atoms with Crippen LogP contribution >= 0.6 is 0 Å². The summed E-state index contributed by atoms with van der Waals surface area (Å²) in [7, 11) is 0. The first-order valence-electron chi connectivity index (χ1n) is 7.01. The molecule has 0 aromatic heterocycles. The maximum absolute atomic E-state index is 10.7. The number of aliphatic hydroxyl groups is 1. The molecule has 0 amide bonds. The summed E-state index contributed by atoms with van der Waals surface area (Å²) in [6.07, 6.45) is 16.7. The molecule has 0 aromatic carbocycles. The first-order valence-corrected chi connectivity index (χ1v) is 7.01. The third-order valence-corrected chi connectivity index (χ3v) is 3.27. The molecular weight excluding hydrogens is 224 g/mol. The van der Waals surface area contributed by atoms with E-state index in [-0.39, 0.29) is 5.76 Å². The molecule has 0 saturated heterocycles. The Labute approximate surface area is 110 Å². The molecule has 1 aliphatic carbocycles. The van der Waals surface area contributed by atoms with Gasteiger partial charge in [-0.15, -0.1) is 0 Å². The Morgan fingerprint density at radius 2 is 1.94 bits per heavy atom. The number of rotatable bonds is 8. The third-order valence-electron chi connectivity index (χ3n) is 3.27. The van der Waals surface area contributed by atoms with Gasteiger partial charge in [-0.05, 0) is 24.5 Å². The van der Waals surface area contributed by atoms with E-state index in [9.17, 15) is 9.90 Å². The van der Waals surface area contributed by atoms with Gasteiger partial charge in [-0.3, -0.25) is 0 Å². The van der Waals surface area contributed by atoms with Crippen LogP contribution in [0.5, 0.6) is 0 Å². The van der Waals surface area contributed by atoms with Crippen molar-refractivity contribution in [1.82, 2.24) is 0 Å². The Morgan fingerprint density at radius 1 is 1.22 bits per heavy atom. The molecule has 1 atom stereocenters. The highest BCUT2D eigenvalue weighted by Crippen LogP contribution is 2.19. The van der Waals surface area contributed by atoms with Crippen LogP contribution in [0.1, 0.15) is 51.9 Å². The zero-order valence-electron chi connectivity index (χ0n) is 11.3. The molecule has 18 heavy (non-hydrogen) atoms. The molecule has 0 aliphatic heterocycles. The first kappa shape index (κ1) is 14.7. The van der Waals surface area contributed by atoms with Gasteiger partial charge in [-0.25, -0.2) is 0 Å². The second-order valence-corrected chi connectivity index (χ2v) is 4.88. The number of hydrogen-bond acceptors (Lipinski definition) is 2. The van der Waals surface area contributed by atoms with E-state index in [1.165, 1.54) is 32.1 Å². The normalized spacial score (nSPS) is 19.1. The quantitative estimate of drug-likeness (QED) is 0.507. The summed E-state index contributed by atoms with van der Waals surface area (Å²) >= 11 is 0. The molecule has 1 aliphatic rings. The lowest BCUT2D eigenvalue weighted by molar-refractivity contribution is -0.109. The van der Waals surface area contributed by atoms with E-state index >= 15 is 0 Å². The smallest absolute Gasteiger partial charge is 0.134 e. The van der Waals surface area contributed by atoms with E-state index in [4.69, 9.17) is 0 Å². The lowest BCUT2D eigenvalue weighted by atomic mass is 10.0. The van der Waals surface area contributed by atoms with Crippen molar-refractivity contribution >= 4 is 6.29 Å². The van der Waals surface area contributed by atoms with Crippen LogP contribution in [0, 0.1) is 5.92 Å². The monoisotopic (exact) mass is 248 g/mol. The lowest BCUT2D eigenvalue weighted by Crippen LogP contribution is -2.01. The molecule has 2 nitrogen and oxygen atoms in total. The fraction of sp³-hybridized carbons (Fsp3) is 0.562. The van der Waals surface area contributed by atoms with Crippen LogP contribution in [-0.2, 0) is 4.79 Å². The fourth-order valence-corrected chi connectivity index (χ4v) is 2.11. The first-order chi connectivity index (χ1) is 8.77. The second kappa shape index (κ2) is 8.73. The minimum Gasteiger partial charge on any atom is -0.511 e. The van der Waals surface area contributed by atoms with Crippen LogP contribution in [0.4, 0.5) is 0 Å². The van der Waals surface area contributed by atoms with Gasteiger partial charge in [0.2, 0.25) is 0 Å². The van der Waals surface area contributed by atoms with Crippen LogP contribution in [0.25, 0.3) is 0 Å². The molecule has 0 fully saturated rings. The average Bonchev–Trinajstić information content (AvgIpc) is 2.55. The number of aliphatic hydroxyl groups excluding tert-OH is 1. The molecule has 0 bridgehead atoms. The third kappa shape index (κ3) is 5.35. The summed E-state index contributed by atoms with van der Waals surface area (Å²) in [4.78, 5) is 10.7. The zero-order valence-corrected chi connectivity index (χ0v) is 11.3. The fourth-order valence-electron chi connectivity index (χ4n) is 2.11. The Hall–Kier alpha value is -1.31. The van der Waals surface area contributed by atoms with Crippen molar-refractivity contribution in [2.45, 2.75) is 51.9 Å². The molecule has 2 heteroatoms. The van der Waals surface area contributed by atoms with Gasteiger partial charge < -0.3 is 9.90 Å². The molecule has 1 rings (SSSR count). The molecule has 0 saturated carbocycles. The number of allylic oxidation sites excluding steroid dienone is 5. The minimum atomic E-state index is -0.469.